The molecule has 1 aromatic heterocycles. The molecule has 0 radical (unpaired) electrons. The van der Waals surface area contributed by atoms with Crippen molar-refractivity contribution in [2.75, 3.05) is 19.8 Å². The van der Waals surface area contributed by atoms with Crippen LogP contribution in [0.1, 0.15) is 23.9 Å². The molecule has 0 amide bonds. The van der Waals surface area contributed by atoms with Crippen molar-refractivity contribution in [2.45, 2.75) is 19.4 Å². The van der Waals surface area contributed by atoms with Gasteiger partial charge in [0.2, 0.25) is 5.78 Å². The van der Waals surface area contributed by atoms with Gasteiger partial charge in [-0.3, -0.25) is 4.79 Å². The molecule has 2 aromatic rings. The molecule has 4 nitrogen and oxygen atoms in total. The third-order valence-corrected chi connectivity index (χ3v) is 3.80. The predicted octanol–water partition coefficient (Wildman–Crippen LogP) is 2.77. The first kappa shape index (κ1) is 14.2. The van der Waals surface area contributed by atoms with E-state index < -0.39 is 0 Å². The number of fused-ring (bicyclic) bond motifs is 1. The Labute approximate surface area is 122 Å². The quantitative estimate of drug-likeness (QED) is 0.861. The molecule has 1 aliphatic heterocycles. The minimum atomic E-state index is -0.339. The van der Waals surface area contributed by atoms with E-state index >= 15 is 0 Å². The van der Waals surface area contributed by atoms with Crippen LogP contribution in [0.15, 0.2) is 28.7 Å². The summed E-state index contributed by atoms with van der Waals surface area (Å²) in [6.07, 6.45) is 1.00. The van der Waals surface area contributed by atoms with Gasteiger partial charge >= 0.3 is 0 Å². The molecule has 0 bridgehead atoms. The van der Waals surface area contributed by atoms with Gasteiger partial charge in [0, 0.05) is 11.4 Å². The molecule has 1 aliphatic rings. The number of nitrogens with one attached hydrogen (secondary N) is 1. The SMILES string of the molecule is CCCNC1COCC1C(=O)c1cc2cc(F)ccc2o1. The van der Waals surface area contributed by atoms with E-state index in [2.05, 4.69) is 12.2 Å². The number of halogens is 1. The molecule has 21 heavy (non-hydrogen) atoms. The van der Waals surface area contributed by atoms with Gasteiger partial charge in [0.05, 0.1) is 19.1 Å². The third kappa shape index (κ3) is 2.84. The van der Waals surface area contributed by atoms with Gasteiger partial charge in [0.25, 0.3) is 0 Å². The first-order chi connectivity index (χ1) is 10.2. The largest absolute Gasteiger partial charge is 0.453 e. The van der Waals surface area contributed by atoms with Crippen LogP contribution in [0.25, 0.3) is 11.0 Å². The fourth-order valence-corrected chi connectivity index (χ4v) is 2.66. The van der Waals surface area contributed by atoms with Crippen molar-refractivity contribution in [3.8, 4) is 0 Å². The highest BCUT2D eigenvalue weighted by Crippen LogP contribution is 2.25. The molecule has 112 valence electrons. The van der Waals surface area contributed by atoms with E-state index in [4.69, 9.17) is 9.15 Å². The van der Waals surface area contributed by atoms with Crippen molar-refractivity contribution >= 4 is 16.8 Å². The number of furan rings is 1. The van der Waals surface area contributed by atoms with Gasteiger partial charge in [-0.2, -0.15) is 0 Å². The molecule has 1 N–H and O–H groups in total. The Morgan fingerprint density at radius 2 is 2.24 bits per heavy atom. The van der Waals surface area contributed by atoms with Crippen LogP contribution in [-0.4, -0.2) is 31.6 Å². The summed E-state index contributed by atoms with van der Waals surface area (Å²) in [5, 5.41) is 3.93. The Balaban J connectivity index is 1.82. The second-order valence-electron chi connectivity index (χ2n) is 5.36. The lowest BCUT2D eigenvalue weighted by Crippen LogP contribution is -2.39. The molecule has 0 spiro atoms. The van der Waals surface area contributed by atoms with E-state index in [1.54, 1.807) is 12.1 Å². The van der Waals surface area contributed by atoms with Crippen LogP contribution in [0.4, 0.5) is 4.39 Å². The zero-order valence-electron chi connectivity index (χ0n) is 11.9. The molecular weight excluding hydrogens is 273 g/mol. The van der Waals surface area contributed by atoms with Crippen LogP contribution in [0, 0.1) is 11.7 Å². The highest BCUT2D eigenvalue weighted by molar-refractivity contribution is 5.99. The Bertz CT molecular complexity index is 652. The molecule has 2 heterocycles. The monoisotopic (exact) mass is 291 g/mol. The summed E-state index contributed by atoms with van der Waals surface area (Å²) >= 11 is 0. The van der Waals surface area contributed by atoms with Crippen molar-refractivity contribution in [3.05, 3.63) is 35.8 Å². The lowest BCUT2D eigenvalue weighted by atomic mass is 9.96. The summed E-state index contributed by atoms with van der Waals surface area (Å²) in [6, 6.07) is 5.86. The second kappa shape index (κ2) is 5.95. The second-order valence-corrected chi connectivity index (χ2v) is 5.36. The highest BCUT2D eigenvalue weighted by Gasteiger charge is 2.35. The number of ether oxygens (including phenoxy) is 1. The third-order valence-electron chi connectivity index (χ3n) is 3.80. The maximum atomic E-state index is 13.2. The van der Waals surface area contributed by atoms with Crippen molar-refractivity contribution < 1.29 is 18.3 Å². The Morgan fingerprint density at radius 3 is 3.05 bits per heavy atom. The maximum Gasteiger partial charge on any atom is 0.205 e. The first-order valence-electron chi connectivity index (χ1n) is 7.23. The van der Waals surface area contributed by atoms with Gasteiger partial charge in [0.15, 0.2) is 5.76 Å². The van der Waals surface area contributed by atoms with E-state index in [1.165, 1.54) is 12.1 Å². The minimum absolute atomic E-state index is 0.0161. The number of benzene rings is 1. The smallest absolute Gasteiger partial charge is 0.205 e. The van der Waals surface area contributed by atoms with Gasteiger partial charge in [-0.25, -0.2) is 4.39 Å². The van der Waals surface area contributed by atoms with Gasteiger partial charge in [0.1, 0.15) is 11.4 Å². The van der Waals surface area contributed by atoms with E-state index in [1.807, 2.05) is 0 Å². The van der Waals surface area contributed by atoms with Gasteiger partial charge in [-0.1, -0.05) is 6.92 Å². The number of ketones is 1. The summed E-state index contributed by atoms with van der Waals surface area (Å²) < 4.78 is 24.2. The van der Waals surface area contributed by atoms with Crippen LogP contribution in [0.2, 0.25) is 0 Å². The molecule has 2 unspecified atom stereocenters. The van der Waals surface area contributed by atoms with E-state index in [0.717, 1.165) is 13.0 Å². The number of carbonyl (C=O) groups excluding carboxylic acids is 1. The fraction of sp³-hybridized carbons (Fsp3) is 0.438. The van der Waals surface area contributed by atoms with Crippen LogP contribution < -0.4 is 5.32 Å². The molecule has 5 heteroatoms. The molecule has 0 aliphatic carbocycles. The van der Waals surface area contributed by atoms with E-state index in [0.29, 0.717) is 24.2 Å². The molecular formula is C16H18FNO3. The van der Waals surface area contributed by atoms with Crippen molar-refractivity contribution in [1.82, 2.24) is 5.32 Å². The average molecular weight is 291 g/mol. The summed E-state index contributed by atoms with van der Waals surface area (Å²) in [5.74, 6) is -0.400. The lowest BCUT2D eigenvalue weighted by molar-refractivity contribution is 0.0865. The van der Waals surface area contributed by atoms with Crippen LogP contribution >= 0.6 is 0 Å². The normalized spacial score (nSPS) is 22.0. The summed E-state index contributed by atoms with van der Waals surface area (Å²) in [6.45, 7) is 3.85. The van der Waals surface area contributed by atoms with Gasteiger partial charge in [-0.05, 0) is 37.2 Å². The van der Waals surface area contributed by atoms with Gasteiger partial charge < -0.3 is 14.5 Å². The van der Waals surface area contributed by atoms with Crippen molar-refractivity contribution in [3.63, 3.8) is 0 Å². The molecule has 1 aromatic carbocycles. The predicted molar refractivity (Wildman–Crippen MR) is 76.9 cm³/mol. The van der Waals surface area contributed by atoms with Crippen LogP contribution in [-0.2, 0) is 4.74 Å². The Kier molecular flexibility index (Phi) is 4.03. The topological polar surface area (TPSA) is 51.5 Å². The van der Waals surface area contributed by atoms with Crippen LogP contribution in [0.3, 0.4) is 0 Å². The first-order valence-corrected chi connectivity index (χ1v) is 7.23. The Hall–Kier alpha value is -1.72. The molecule has 0 saturated carbocycles. The lowest BCUT2D eigenvalue weighted by Gasteiger charge is -2.16. The summed E-state index contributed by atoms with van der Waals surface area (Å²) in [5.41, 5.74) is 0.525. The molecule has 2 atom stereocenters. The van der Waals surface area contributed by atoms with E-state index in [-0.39, 0.29) is 29.3 Å². The van der Waals surface area contributed by atoms with Crippen LogP contribution in [0.5, 0.6) is 0 Å². The number of rotatable bonds is 5. The minimum Gasteiger partial charge on any atom is -0.453 e. The number of carbonyl (C=O) groups is 1. The fourth-order valence-electron chi connectivity index (χ4n) is 2.66. The molecule has 1 saturated heterocycles. The zero-order chi connectivity index (χ0) is 14.8. The maximum absolute atomic E-state index is 13.2. The number of Topliss-reactive ketones (excluding diaryl/α,β-unsaturated/α-hetero) is 1. The summed E-state index contributed by atoms with van der Waals surface area (Å²) in [7, 11) is 0. The zero-order valence-corrected chi connectivity index (χ0v) is 11.9. The van der Waals surface area contributed by atoms with Crippen molar-refractivity contribution in [1.29, 1.82) is 0 Å². The number of hydrogen-bond donors (Lipinski definition) is 1. The number of hydrogen-bond acceptors (Lipinski definition) is 4. The average Bonchev–Trinajstić information content (AvgIpc) is 3.10. The van der Waals surface area contributed by atoms with E-state index in [9.17, 15) is 9.18 Å². The standard InChI is InChI=1S/C16H18FNO3/c1-2-5-18-13-9-20-8-12(13)16(19)15-7-10-6-11(17)3-4-14(10)21-15/h3-4,6-7,12-13,18H,2,5,8-9H2,1H3. The molecule has 3 rings (SSSR count). The molecule has 1 fully saturated rings. The van der Waals surface area contributed by atoms with Gasteiger partial charge in [-0.15, -0.1) is 0 Å². The van der Waals surface area contributed by atoms with Crippen molar-refractivity contribution in [2.24, 2.45) is 5.92 Å². The Morgan fingerprint density at radius 1 is 1.38 bits per heavy atom. The highest BCUT2D eigenvalue weighted by atomic mass is 19.1. The summed E-state index contributed by atoms with van der Waals surface area (Å²) in [4.78, 5) is 12.6.